The van der Waals surface area contributed by atoms with Crippen LogP contribution < -0.4 is 0 Å². The lowest BCUT2D eigenvalue weighted by atomic mass is 10.3. The quantitative estimate of drug-likeness (QED) is 0.599. The highest BCUT2D eigenvalue weighted by Gasteiger charge is 2.01. The molecule has 54 valence electrons. The number of hydrogen-bond acceptors (Lipinski definition) is 1. The molecule has 0 bridgehead atoms. The van der Waals surface area contributed by atoms with E-state index < -0.39 is 4.84 Å². The van der Waals surface area contributed by atoms with Crippen LogP contribution in [0.5, 0.6) is 0 Å². The molecule has 0 aliphatic carbocycles. The maximum absolute atomic E-state index is 5.58. The van der Waals surface area contributed by atoms with Gasteiger partial charge in [0, 0.05) is 17.5 Å². The van der Waals surface area contributed by atoms with E-state index in [1.165, 1.54) is 0 Å². The summed E-state index contributed by atoms with van der Waals surface area (Å²) in [5.41, 5.74) is 1.81. The van der Waals surface area contributed by atoms with Crippen molar-refractivity contribution in [3.8, 4) is 0 Å². The first-order valence-electron chi connectivity index (χ1n) is 2.91. The first-order valence-corrected chi connectivity index (χ1v) is 3.78. The summed E-state index contributed by atoms with van der Waals surface area (Å²) in [6.45, 7) is 1.92. The fourth-order valence-electron chi connectivity index (χ4n) is 0.608. The van der Waals surface area contributed by atoms with Gasteiger partial charge in [0.25, 0.3) is 0 Å². The van der Waals surface area contributed by atoms with Gasteiger partial charge in [-0.05, 0) is 13.0 Å². The maximum Gasteiger partial charge on any atom is 0.134 e. The van der Waals surface area contributed by atoms with Gasteiger partial charge in [0.2, 0.25) is 0 Å². The van der Waals surface area contributed by atoms with Gasteiger partial charge in [0.1, 0.15) is 4.84 Å². The number of pyridine rings is 1. The smallest absolute Gasteiger partial charge is 0.134 e. The number of alkyl halides is 2. The van der Waals surface area contributed by atoms with Crippen molar-refractivity contribution in [2.45, 2.75) is 11.8 Å². The van der Waals surface area contributed by atoms with Gasteiger partial charge in [-0.2, -0.15) is 0 Å². The van der Waals surface area contributed by atoms with Crippen LogP contribution in [-0.4, -0.2) is 4.98 Å². The maximum atomic E-state index is 5.58. The molecule has 0 spiro atoms. The lowest BCUT2D eigenvalue weighted by molar-refractivity contribution is 1.15. The molecule has 0 amide bonds. The van der Waals surface area contributed by atoms with Crippen LogP contribution in [0.15, 0.2) is 18.3 Å². The molecule has 1 rings (SSSR count). The molecule has 1 aromatic rings. The zero-order valence-corrected chi connectivity index (χ0v) is 7.02. The summed E-state index contributed by atoms with van der Waals surface area (Å²) in [5, 5.41) is 0. The highest BCUT2D eigenvalue weighted by Crippen LogP contribution is 2.23. The summed E-state index contributed by atoms with van der Waals surface area (Å²) < 4.78 is 0. The number of halogens is 2. The largest absolute Gasteiger partial charge is 0.261 e. The molecule has 0 unspecified atom stereocenters. The summed E-state index contributed by atoms with van der Waals surface area (Å²) in [5.74, 6) is 0. The summed E-state index contributed by atoms with van der Waals surface area (Å²) in [7, 11) is 0. The number of nitrogens with zero attached hydrogens (tertiary/aromatic N) is 1. The molecule has 1 nitrogen and oxygen atoms in total. The summed E-state index contributed by atoms with van der Waals surface area (Å²) >= 11 is 11.2. The normalized spacial score (nSPS) is 10.4. The highest BCUT2D eigenvalue weighted by atomic mass is 35.5. The molecular formula is C7H7Cl2N. The molecule has 0 aliphatic heterocycles. The topological polar surface area (TPSA) is 12.9 Å². The van der Waals surface area contributed by atoms with Gasteiger partial charge in [-0.3, -0.25) is 4.98 Å². The van der Waals surface area contributed by atoms with Crippen LogP contribution in [0, 0.1) is 6.92 Å². The highest BCUT2D eigenvalue weighted by molar-refractivity contribution is 6.44. The van der Waals surface area contributed by atoms with Gasteiger partial charge in [0.05, 0.1) is 0 Å². The van der Waals surface area contributed by atoms with E-state index in [4.69, 9.17) is 23.2 Å². The van der Waals surface area contributed by atoms with Gasteiger partial charge >= 0.3 is 0 Å². The molecule has 0 saturated carbocycles. The Morgan fingerprint density at radius 1 is 1.40 bits per heavy atom. The third-order valence-electron chi connectivity index (χ3n) is 1.19. The fraction of sp³-hybridized carbons (Fsp3) is 0.286. The lowest BCUT2D eigenvalue weighted by Gasteiger charge is -1.99. The van der Waals surface area contributed by atoms with Crippen molar-refractivity contribution in [1.82, 2.24) is 4.98 Å². The van der Waals surface area contributed by atoms with Crippen LogP contribution >= 0.6 is 23.2 Å². The fourth-order valence-corrected chi connectivity index (χ4v) is 0.866. The molecule has 0 aromatic carbocycles. The van der Waals surface area contributed by atoms with Crippen molar-refractivity contribution in [1.29, 1.82) is 0 Å². The molecule has 3 heteroatoms. The number of hydrogen-bond donors (Lipinski definition) is 0. The van der Waals surface area contributed by atoms with Crippen molar-refractivity contribution >= 4 is 23.2 Å². The molecule has 1 heterocycles. The van der Waals surface area contributed by atoms with Gasteiger partial charge < -0.3 is 0 Å². The van der Waals surface area contributed by atoms with Crippen molar-refractivity contribution < 1.29 is 0 Å². The Morgan fingerprint density at radius 3 is 2.50 bits per heavy atom. The number of aryl methyl sites for hydroxylation is 1. The van der Waals surface area contributed by atoms with Crippen molar-refractivity contribution in [3.05, 3.63) is 29.6 Å². The van der Waals surface area contributed by atoms with E-state index in [9.17, 15) is 0 Å². The van der Waals surface area contributed by atoms with Gasteiger partial charge in [0.15, 0.2) is 0 Å². The SMILES string of the molecule is Cc1ccc(C(Cl)Cl)cn1. The number of aromatic nitrogens is 1. The average molecular weight is 176 g/mol. The minimum Gasteiger partial charge on any atom is -0.261 e. The molecule has 0 aliphatic rings. The van der Waals surface area contributed by atoms with Crippen molar-refractivity contribution in [2.24, 2.45) is 0 Å². The van der Waals surface area contributed by atoms with Crippen LogP contribution in [0.25, 0.3) is 0 Å². The standard InChI is InChI=1S/C7H7Cl2N/c1-5-2-3-6(4-10-5)7(8)9/h2-4,7H,1H3. The molecule has 10 heavy (non-hydrogen) atoms. The third-order valence-corrected chi connectivity index (χ3v) is 1.69. The molecule has 0 saturated heterocycles. The molecule has 0 fully saturated rings. The van der Waals surface area contributed by atoms with Crippen LogP contribution in [0.4, 0.5) is 0 Å². The Hall–Kier alpha value is -0.270. The van der Waals surface area contributed by atoms with E-state index in [1.807, 2.05) is 19.1 Å². The second-order valence-electron chi connectivity index (χ2n) is 2.03. The Bertz CT molecular complexity index is 205. The first-order chi connectivity index (χ1) is 4.70. The second kappa shape index (κ2) is 3.22. The third kappa shape index (κ3) is 1.86. The van der Waals surface area contributed by atoms with Gasteiger partial charge in [-0.15, -0.1) is 23.2 Å². The molecular weight excluding hydrogens is 169 g/mol. The Labute approximate surface area is 70.0 Å². The lowest BCUT2D eigenvalue weighted by Crippen LogP contribution is -1.84. The Morgan fingerprint density at radius 2 is 2.10 bits per heavy atom. The molecule has 0 atom stereocenters. The van der Waals surface area contributed by atoms with Crippen molar-refractivity contribution in [3.63, 3.8) is 0 Å². The van der Waals surface area contributed by atoms with E-state index >= 15 is 0 Å². The van der Waals surface area contributed by atoms with E-state index in [1.54, 1.807) is 6.20 Å². The summed E-state index contributed by atoms with van der Waals surface area (Å²) in [4.78, 5) is 3.57. The first kappa shape index (κ1) is 7.83. The minimum atomic E-state index is -0.465. The zero-order chi connectivity index (χ0) is 7.56. The van der Waals surface area contributed by atoms with Crippen LogP contribution in [0.1, 0.15) is 16.1 Å². The van der Waals surface area contributed by atoms with Crippen LogP contribution in [-0.2, 0) is 0 Å². The van der Waals surface area contributed by atoms with E-state index in [-0.39, 0.29) is 0 Å². The predicted molar refractivity (Wildman–Crippen MR) is 43.4 cm³/mol. The second-order valence-corrected chi connectivity index (χ2v) is 3.13. The summed E-state index contributed by atoms with van der Waals surface area (Å²) in [6, 6.07) is 3.75. The van der Waals surface area contributed by atoms with E-state index in [0.717, 1.165) is 11.3 Å². The van der Waals surface area contributed by atoms with E-state index in [2.05, 4.69) is 4.98 Å². The van der Waals surface area contributed by atoms with Gasteiger partial charge in [-0.25, -0.2) is 0 Å². The molecule has 1 aromatic heterocycles. The van der Waals surface area contributed by atoms with Crippen LogP contribution in [0.2, 0.25) is 0 Å². The monoisotopic (exact) mass is 175 g/mol. The van der Waals surface area contributed by atoms with Crippen molar-refractivity contribution in [2.75, 3.05) is 0 Å². The average Bonchev–Trinajstić information content (AvgIpc) is 1.88. The summed E-state index contributed by atoms with van der Waals surface area (Å²) in [6.07, 6.45) is 1.68. The zero-order valence-electron chi connectivity index (χ0n) is 5.51. The number of rotatable bonds is 1. The molecule has 0 radical (unpaired) electrons. The van der Waals surface area contributed by atoms with Gasteiger partial charge in [-0.1, -0.05) is 6.07 Å². The molecule has 0 N–H and O–H groups in total. The predicted octanol–water partition coefficient (Wildman–Crippen LogP) is 2.87. The Kier molecular flexibility index (Phi) is 2.52. The Balaban J connectivity index is 2.89. The van der Waals surface area contributed by atoms with E-state index in [0.29, 0.717) is 0 Å². The van der Waals surface area contributed by atoms with Crippen LogP contribution in [0.3, 0.4) is 0 Å². The minimum absolute atomic E-state index is 0.465.